The maximum absolute atomic E-state index is 12.7. The number of benzene rings is 2. The monoisotopic (exact) mass is 494 g/mol. The third-order valence-corrected chi connectivity index (χ3v) is 3.93. The van der Waals surface area contributed by atoms with Crippen LogP contribution in [0.2, 0.25) is 0 Å². The zero-order valence-corrected chi connectivity index (χ0v) is 15.4. The Kier molecular flexibility index (Phi) is 6.36. The number of amides is 1. The number of halogens is 4. The molecule has 0 saturated heterocycles. The van der Waals surface area contributed by atoms with E-state index in [9.17, 15) is 32.9 Å². The van der Waals surface area contributed by atoms with Crippen LogP contribution in [0.15, 0.2) is 42.5 Å². The summed E-state index contributed by atoms with van der Waals surface area (Å²) in [6.45, 7) is -0.761. The number of alkyl halides is 3. The molecular weight excluding hydrogens is 484 g/mol. The highest BCUT2D eigenvalue weighted by Gasteiger charge is 2.33. The molecule has 11 heteroatoms. The van der Waals surface area contributed by atoms with Crippen molar-refractivity contribution in [2.45, 2.75) is 6.18 Å². The third kappa shape index (κ3) is 5.64. The number of hydrogen-bond donors (Lipinski definition) is 1. The highest BCUT2D eigenvalue weighted by atomic mass is 127. The van der Waals surface area contributed by atoms with Gasteiger partial charge in [-0.2, -0.15) is 13.2 Å². The first-order chi connectivity index (χ1) is 12.6. The summed E-state index contributed by atoms with van der Waals surface area (Å²) in [5, 5.41) is 13.0. The fraction of sp³-hybridized carbons (Fsp3) is 0.125. The largest absolute Gasteiger partial charge is 0.452 e. The van der Waals surface area contributed by atoms with Gasteiger partial charge < -0.3 is 10.1 Å². The summed E-state index contributed by atoms with van der Waals surface area (Å²) in [5.74, 6) is -1.72. The molecule has 0 bridgehead atoms. The molecule has 0 saturated carbocycles. The lowest BCUT2D eigenvalue weighted by Gasteiger charge is -2.10. The topological polar surface area (TPSA) is 98.5 Å². The first-order valence-corrected chi connectivity index (χ1v) is 8.24. The molecular formula is C16H10F3IN2O5. The molecule has 7 nitrogen and oxygen atoms in total. The van der Waals surface area contributed by atoms with E-state index >= 15 is 0 Å². The molecule has 27 heavy (non-hydrogen) atoms. The second kappa shape index (κ2) is 8.33. The highest BCUT2D eigenvalue weighted by molar-refractivity contribution is 14.1. The van der Waals surface area contributed by atoms with Gasteiger partial charge in [-0.3, -0.25) is 14.9 Å². The van der Waals surface area contributed by atoms with Crippen molar-refractivity contribution >= 4 is 45.8 Å². The van der Waals surface area contributed by atoms with Crippen molar-refractivity contribution in [3.8, 4) is 0 Å². The lowest BCUT2D eigenvalue weighted by molar-refractivity contribution is -0.384. The van der Waals surface area contributed by atoms with Gasteiger partial charge in [0.1, 0.15) is 5.69 Å². The van der Waals surface area contributed by atoms with Crippen LogP contribution in [0.1, 0.15) is 15.9 Å². The normalized spacial score (nSPS) is 11.0. The molecule has 142 valence electrons. The SMILES string of the molecule is O=C(COC(=O)c1ccc(I)cc1)Nc1ccc(C(F)(F)F)cc1[N+](=O)[O-]. The maximum atomic E-state index is 12.7. The standard InChI is InChI=1S/C16H10F3IN2O5/c17-16(18,19)10-3-6-12(13(7-10)22(25)26)21-14(23)8-27-15(24)9-1-4-11(20)5-2-9/h1-7H,8H2,(H,21,23). The van der Waals surface area contributed by atoms with Gasteiger partial charge in [0.2, 0.25) is 0 Å². The molecule has 0 unspecified atom stereocenters. The number of nitro benzene ring substituents is 1. The molecule has 0 aliphatic rings. The summed E-state index contributed by atoms with van der Waals surface area (Å²) in [5.41, 5.74) is -2.40. The number of carbonyl (C=O) groups excluding carboxylic acids is 2. The summed E-state index contributed by atoms with van der Waals surface area (Å²) in [6, 6.07) is 7.96. The number of ether oxygens (including phenoxy) is 1. The predicted molar refractivity (Wildman–Crippen MR) is 96.2 cm³/mol. The molecule has 0 aliphatic carbocycles. The first-order valence-electron chi connectivity index (χ1n) is 7.16. The van der Waals surface area contributed by atoms with Crippen molar-refractivity contribution in [2.24, 2.45) is 0 Å². The third-order valence-electron chi connectivity index (χ3n) is 3.21. The van der Waals surface area contributed by atoms with Crippen molar-refractivity contribution in [2.75, 3.05) is 11.9 Å². The summed E-state index contributed by atoms with van der Waals surface area (Å²) < 4.78 is 43.6. The molecule has 0 radical (unpaired) electrons. The van der Waals surface area contributed by atoms with Gasteiger partial charge in [-0.1, -0.05) is 0 Å². The first kappa shape index (κ1) is 20.6. The van der Waals surface area contributed by atoms with Gasteiger partial charge in [-0.15, -0.1) is 0 Å². The lowest BCUT2D eigenvalue weighted by Crippen LogP contribution is -2.21. The van der Waals surface area contributed by atoms with Crippen LogP contribution in [0, 0.1) is 13.7 Å². The van der Waals surface area contributed by atoms with E-state index in [1.807, 2.05) is 22.6 Å². The van der Waals surface area contributed by atoms with Gasteiger partial charge in [0, 0.05) is 9.64 Å². The molecule has 2 rings (SSSR count). The van der Waals surface area contributed by atoms with Crippen LogP contribution in [-0.4, -0.2) is 23.4 Å². The van der Waals surface area contributed by atoms with E-state index in [1.54, 1.807) is 12.1 Å². The fourth-order valence-electron chi connectivity index (χ4n) is 1.95. The number of carbonyl (C=O) groups is 2. The van der Waals surface area contributed by atoms with Gasteiger partial charge in [0.05, 0.1) is 16.1 Å². The van der Waals surface area contributed by atoms with Crippen LogP contribution in [-0.2, 0) is 15.7 Å². The minimum atomic E-state index is -4.77. The molecule has 0 spiro atoms. The van der Waals surface area contributed by atoms with E-state index in [-0.39, 0.29) is 5.56 Å². The van der Waals surface area contributed by atoms with Crippen LogP contribution < -0.4 is 5.32 Å². The van der Waals surface area contributed by atoms with E-state index in [0.717, 1.165) is 9.64 Å². The van der Waals surface area contributed by atoms with Gasteiger partial charge in [0.25, 0.3) is 11.6 Å². The lowest BCUT2D eigenvalue weighted by atomic mass is 10.1. The molecule has 0 fully saturated rings. The molecule has 0 aliphatic heterocycles. The Hall–Kier alpha value is -2.70. The van der Waals surface area contributed by atoms with Gasteiger partial charge in [0.15, 0.2) is 6.61 Å². The van der Waals surface area contributed by atoms with Gasteiger partial charge in [-0.25, -0.2) is 4.79 Å². The Morgan fingerprint density at radius 3 is 2.33 bits per heavy atom. The fourth-order valence-corrected chi connectivity index (χ4v) is 2.31. The van der Waals surface area contributed by atoms with Crippen molar-refractivity contribution < 1.29 is 32.4 Å². The molecule has 1 N–H and O–H groups in total. The Balaban J connectivity index is 2.05. The van der Waals surface area contributed by atoms with Crippen LogP contribution >= 0.6 is 22.6 Å². The zero-order valence-electron chi connectivity index (χ0n) is 13.2. The summed E-state index contributed by atoms with van der Waals surface area (Å²) in [6.07, 6.45) is -4.77. The Morgan fingerprint density at radius 2 is 1.78 bits per heavy atom. The number of nitrogens with zero attached hydrogens (tertiary/aromatic N) is 1. The second-order valence-corrected chi connectivity index (χ2v) is 6.36. The number of nitrogens with one attached hydrogen (secondary N) is 1. The minimum absolute atomic E-state index is 0.198. The number of esters is 1. The van der Waals surface area contributed by atoms with Gasteiger partial charge >= 0.3 is 12.1 Å². The van der Waals surface area contributed by atoms with E-state index in [4.69, 9.17) is 4.74 Å². The van der Waals surface area contributed by atoms with E-state index in [1.165, 1.54) is 12.1 Å². The Bertz CT molecular complexity index is 885. The molecule has 0 aromatic heterocycles. The molecule has 2 aromatic carbocycles. The van der Waals surface area contributed by atoms with Gasteiger partial charge in [-0.05, 0) is 59.0 Å². The smallest absolute Gasteiger partial charge is 0.416 e. The summed E-state index contributed by atoms with van der Waals surface area (Å²) >= 11 is 2.04. The molecule has 2 aromatic rings. The van der Waals surface area contributed by atoms with E-state index in [2.05, 4.69) is 5.32 Å². The number of anilines is 1. The maximum Gasteiger partial charge on any atom is 0.416 e. The van der Waals surface area contributed by atoms with Crippen molar-refractivity contribution in [3.05, 3.63) is 67.3 Å². The molecule has 1 amide bonds. The second-order valence-electron chi connectivity index (χ2n) is 5.12. The zero-order chi connectivity index (χ0) is 20.2. The summed E-state index contributed by atoms with van der Waals surface area (Å²) in [4.78, 5) is 33.5. The van der Waals surface area contributed by atoms with Crippen LogP contribution in [0.3, 0.4) is 0 Å². The minimum Gasteiger partial charge on any atom is -0.452 e. The van der Waals surface area contributed by atoms with Crippen molar-refractivity contribution in [3.63, 3.8) is 0 Å². The highest BCUT2D eigenvalue weighted by Crippen LogP contribution is 2.34. The number of rotatable bonds is 5. The quantitative estimate of drug-likeness (QED) is 0.293. The van der Waals surface area contributed by atoms with Crippen molar-refractivity contribution in [1.29, 1.82) is 0 Å². The Morgan fingerprint density at radius 1 is 1.15 bits per heavy atom. The number of hydrogen-bond acceptors (Lipinski definition) is 5. The van der Waals surface area contributed by atoms with Crippen LogP contribution in [0.4, 0.5) is 24.5 Å². The number of nitro groups is 1. The average molecular weight is 494 g/mol. The molecule has 0 atom stereocenters. The van der Waals surface area contributed by atoms with Crippen molar-refractivity contribution in [1.82, 2.24) is 0 Å². The van der Waals surface area contributed by atoms with E-state index < -0.39 is 46.5 Å². The predicted octanol–water partition coefficient (Wildman–Crippen LogP) is 4.01. The molecule has 0 heterocycles. The summed E-state index contributed by atoms with van der Waals surface area (Å²) in [7, 11) is 0. The Labute approximate surface area is 163 Å². The average Bonchev–Trinajstić information content (AvgIpc) is 2.59. The van der Waals surface area contributed by atoms with Crippen LogP contribution in [0.5, 0.6) is 0 Å². The van der Waals surface area contributed by atoms with E-state index in [0.29, 0.717) is 12.1 Å². The van der Waals surface area contributed by atoms with Crippen LogP contribution in [0.25, 0.3) is 0 Å².